The Hall–Kier alpha value is -2.02. The van der Waals surface area contributed by atoms with E-state index in [1.165, 1.54) is 6.07 Å². The van der Waals surface area contributed by atoms with Gasteiger partial charge in [0, 0.05) is 43.0 Å². The largest absolute Gasteiger partial charge is 0.348 e. The third kappa shape index (κ3) is 3.70. The van der Waals surface area contributed by atoms with Gasteiger partial charge >= 0.3 is 0 Å². The fourth-order valence-electron chi connectivity index (χ4n) is 3.55. The van der Waals surface area contributed by atoms with Gasteiger partial charge in [0.05, 0.1) is 18.0 Å². The van der Waals surface area contributed by atoms with Gasteiger partial charge < -0.3 is 9.80 Å². The predicted octanol–water partition coefficient (Wildman–Crippen LogP) is 4.04. The van der Waals surface area contributed by atoms with Crippen LogP contribution >= 0.6 is 11.8 Å². The summed E-state index contributed by atoms with van der Waals surface area (Å²) in [5, 5.41) is 0. The van der Waals surface area contributed by atoms with E-state index in [0.29, 0.717) is 0 Å². The molecule has 0 N–H and O–H groups in total. The van der Waals surface area contributed by atoms with E-state index in [0.717, 1.165) is 59.8 Å². The Balaban J connectivity index is 1.62. The van der Waals surface area contributed by atoms with Crippen LogP contribution in [0.5, 0.6) is 0 Å². The summed E-state index contributed by atoms with van der Waals surface area (Å²) in [6, 6.07) is 13.2. The molecule has 0 aromatic heterocycles. The molecule has 4 nitrogen and oxygen atoms in total. The molecule has 0 amide bonds. The third-order valence-corrected chi connectivity index (χ3v) is 6.33. The van der Waals surface area contributed by atoms with Crippen molar-refractivity contribution in [3.8, 4) is 0 Å². The Morgan fingerprint density at radius 3 is 2.56 bits per heavy atom. The Morgan fingerprint density at radius 1 is 1.07 bits per heavy atom. The fourth-order valence-corrected chi connectivity index (χ4v) is 4.59. The number of halogens is 1. The number of rotatable bonds is 4. The molecule has 0 aliphatic carbocycles. The van der Waals surface area contributed by atoms with Gasteiger partial charge in [0.25, 0.3) is 0 Å². The van der Waals surface area contributed by atoms with E-state index in [1.54, 1.807) is 17.8 Å². The number of benzene rings is 2. The molecule has 0 radical (unpaired) electrons. The zero-order valence-corrected chi connectivity index (χ0v) is 16.7. The zero-order chi connectivity index (χ0) is 19.0. The molecule has 2 aromatic carbocycles. The van der Waals surface area contributed by atoms with Crippen LogP contribution in [0.25, 0.3) is 0 Å². The summed E-state index contributed by atoms with van der Waals surface area (Å²) < 4.78 is 14.0. The molecule has 0 bridgehead atoms. The summed E-state index contributed by atoms with van der Waals surface area (Å²) in [5.74, 6) is 0.627. The minimum Gasteiger partial charge on any atom is -0.348 e. The van der Waals surface area contributed by atoms with Gasteiger partial charge in [0.2, 0.25) is 0 Å². The van der Waals surface area contributed by atoms with Crippen molar-refractivity contribution in [3.63, 3.8) is 0 Å². The average molecular weight is 385 g/mol. The first kappa shape index (κ1) is 18.3. The smallest absolute Gasteiger partial charge is 0.125 e. The van der Waals surface area contributed by atoms with Crippen molar-refractivity contribution in [1.29, 1.82) is 0 Å². The van der Waals surface area contributed by atoms with Gasteiger partial charge in [-0.25, -0.2) is 4.39 Å². The first-order valence-electron chi connectivity index (χ1n) is 9.20. The van der Waals surface area contributed by atoms with Crippen molar-refractivity contribution < 1.29 is 4.39 Å². The van der Waals surface area contributed by atoms with Crippen LogP contribution in [0.3, 0.4) is 0 Å². The maximum atomic E-state index is 14.0. The molecule has 4 rings (SSSR count). The van der Waals surface area contributed by atoms with Crippen LogP contribution in [0.15, 0.2) is 64.7 Å². The SMILES string of the molecule is C=C(N(C)CN1CCN(C)CC1)N1c2ccccc2Sc2ccc(F)cc21. The molecular weight excluding hydrogens is 359 g/mol. The van der Waals surface area contributed by atoms with Crippen LogP contribution in [0, 0.1) is 5.82 Å². The van der Waals surface area contributed by atoms with E-state index >= 15 is 0 Å². The van der Waals surface area contributed by atoms with Gasteiger partial charge in [0.15, 0.2) is 0 Å². The van der Waals surface area contributed by atoms with Crippen LogP contribution in [0.1, 0.15) is 0 Å². The molecule has 1 fully saturated rings. The molecule has 0 atom stereocenters. The van der Waals surface area contributed by atoms with Crippen LogP contribution in [0.2, 0.25) is 0 Å². The molecule has 2 heterocycles. The summed E-state index contributed by atoms with van der Waals surface area (Å²) >= 11 is 1.68. The van der Waals surface area contributed by atoms with Gasteiger partial charge in [0.1, 0.15) is 11.6 Å². The topological polar surface area (TPSA) is 13.0 Å². The van der Waals surface area contributed by atoms with Crippen LogP contribution in [0.4, 0.5) is 15.8 Å². The quantitative estimate of drug-likeness (QED) is 0.787. The van der Waals surface area contributed by atoms with Crippen LogP contribution in [-0.4, -0.2) is 61.6 Å². The Labute approximate surface area is 164 Å². The summed E-state index contributed by atoms with van der Waals surface area (Å²) in [6.45, 7) is 9.43. The van der Waals surface area contributed by atoms with E-state index in [9.17, 15) is 4.39 Å². The normalized spacial score (nSPS) is 17.4. The minimum atomic E-state index is -0.228. The summed E-state index contributed by atoms with van der Waals surface area (Å²) in [7, 11) is 4.22. The standard InChI is InChI=1S/C21H25FN4S/c1-16(24(3)15-25-12-10-23(2)11-13-25)26-18-6-4-5-7-20(18)27-21-9-8-17(22)14-19(21)26/h4-9,14H,1,10-13,15H2,2-3H3. The van der Waals surface area contributed by atoms with Gasteiger partial charge in [-0.05, 0) is 37.4 Å². The second-order valence-corrected chi connectivity index (χ2v) is 8.28. The van der Waals surface area contributed by atoms with Gasteiger partial charge in [-0.2, -0.15) is 0 Å². The third-order valence-electron chi connectivity index (χ3n) is 5.19. The lowest BCUT2D eigenvalue weighted by atomic mass is 10.2. The summed E-state index contributed by atoms with van der Waals surface area (Å²) in [4.78, 5) is 11.2. The number of hydrogen-bond acceptors (Lipinski definition) is 5. The van der Waals surface area contributed by atoms with E-state index in [2.05, 4.69) is 52.4 Å². The highest BCUT2D eigenvalue weighted by Crippen LogP contribution is 2.49. The second-order valence-electron chi connectivity index (χ2n) is 7.19. The fraction of sp³-hybridized carbons (Fsp3) is 0.333. The lowest BCUT2D eigenvalue weighted by Crippen LogP contribution is -2.48. The summed E-state index contributed by atoms with van der Waals surface area (Å²) in [5.41, 5.74) is 1.91. The first-order chi connectivity index (χ1) is 13.0. The Kier molecular flexibility index (Phi) is 5.12. The highest BCUT2D eigenvalue weighted by molar-refractivity contribution is 7.99. The molecule has 2 aliphatic heterocycles. The molecule has 1 saturated heterocycles. The molecule has 0 saturated carbocycles. The van der Waals surface area contributed by atoms with Crippen molar-refractivity contribution >= 4 is 23.1 Å². The number of piperazine rings is 1. The molecule has 0 unspecified atom stereocenters. The highest BCUT2D eigenvalue weighted by atomic mass is 32.2. The number of fused-ring (bicyclic) bond motifs is 2. The zero-order valence-electron chi connectivity index (χ0n) is 15.9. The molecular formula is C21H25FN4S. The van der Waals surface area contributed by atoms with E-state index < -0.39 is 0 Å². The Bertz CT molecular complexity index is 848. The second kappa shape index (κ2) is 7.54. The predicted molar refractivity (Wildman–Crippen MR) is 110 cm³/mol. The lowest BCUT2D eigenvalue weighted by Gasteiger charge is -2.40. The molecule has 2 aliphatic rings. The molecule has 2 aromatic rings. The monoisotopic (exact) mass is 384 g/mol. The maximum Gasteiger partial charge on any atom is 0.125 e. The number of nitrogens with zero attached hydrogens (tertiary/aromatic N) is 4. The van der Waals surface area contributed by atoms with Crippen molar-refractivity contribution in [2.24, 2.45) is 0 Å². The van der Waals surface area contributed by atoms with E-state index in [-0.39, 0.29) is 5.82 Å². The van der Waals surface area contributed by atoms with Crippen molar-refractivity contribution in [2.75, 3.05) is 51.8 Å². The Morgan fingerprint density at radius 2 is 1.78 bits per heavy atom. The van der Waals surface area contributed by atoms with Crippen LogP contribution in [-0.2, 0) is 0 Å². The average Bonchev–Trinajstić information content (AvgIpc) is 2.67. The first-order valence-corrected chi connectivity index (χ1v) is 10.0. The van der Waals surface area contributed by atoms with E-state index in [4.69, 9.17) is 0 Å². The molecule has 6 heteroatoms. The highest BCUT2D eigenvalue weighted by Gasteiger charge is 2.28. The summed E-state index contributed by atoms with van der Waals surface area (Å²) in [6.07, 6.45) is 0. The number of likely N-dealkylation sites (N-methyl/N-ethyl adjacent to an activating group) is 1. The molecule has 142 valence electrons. The van der Waals surface area contributed by atoms with Gasteiger partial charge in [-0.15, -0.1) is 0 Å². The number of hydrogen-bond donors (Lipinski definition) is 0. The number of anilines is 2. The van der Waals surface area contributed by atoms with Gasteiger partial charge in [-0.3, -0.25) is 9.80 Å². The minimum absolute atomic E-state index is 0.228. The van der Waals surface area contributed by atoms with Gasteiger partial charge in [-0.1, -0.05) is 30.5 Å². The lowest BCUT2D eigenvalue weighted by molar-refractivity contribution is 0.110. The molecule has 0 spiro atoms. The molecule has 27 heavy (non-hydrogen) atoms. The van der Waals surface area contributed by atoms with Crippen molar-refractivity contribution in [2.45, 2.75) is 9.79 Å². The maximum absolute atomic E-state index is 14.0. The van der Waals surface area contributed by atoms with E-state index in [1.807, 2.05) is 18.2 Å². The van der Waals surface area contributed by atoms with Crippen molar-refractivity contribution in [1.82, 2.24) is 14.7 Å². The van der Waals surface area contributed by atoms with Crippen LogP contribution < -0.4 is 4.90 Å². The van der Waals surface area contributed by atoms with Crippen molar-refractivity contribution in [3.05, 3.63) is 60.7 Å². The number of para-hydroxylation sites is 1.